The first-order chi connectivity index (χ1) is 7.21. The van der Waals surface area contributed by atoms with E-state index in [2.05, 4.69) is 16.9 Å². The molecule has 0 amide bonds. The van der Waals surface area contributed by atoms with Crippen LogP contribution < -0.4 is 4.90 Å². The maximum absolute atomic E-state index is 8.93. The molecule has 0 atom stereocenters. The topological polar surface area (TPSA) is 49.2 Å². The molecule has 0 aliphatic heterocycles. The van der Waals surface area contributed by atoms with Gasteiger partial charge in [-0.3, -0.25) is 0 Å². The zero-order chi connectivity index (χ0) is 11.3. The highest BCUT2D eigenvalue weighted by atomic mass is 16.3. The van der Waals surface area contributed by atoms with Crippen LogP contribution in [0.5, 0.6) is 0 Å². The second-order valence-corrected chi connectivity index (χ2v) is 3.46. The van der Waals surface area contributed by atoms with Crippen LogP contribution in [0.1, 0.15) is 25.2 Å². The lowest BCUT2D eigenvalue weighted by atomic mass is 10.3. The number of nitrogens with zero attached hydrogens (tertiary/aromatic N) is 3. The van der Waals surface area contributed by atoms with Gasteiger partial charge in [-0.25, -0.2) is 9.97 Å². The molecule has 4 nitrogen and oxygen atoms in total. The van der Waals surface area contributed by atoms with Gasteiger partial charge in [0.2, 0.25) is 5.95 Å². The molecule has 4 heteroatoms. The van der Waals surface area contributed by atoms with Crippen molar-refractivity contribution in [3.63, 3.8) is 0 Å². The molecule has 0 aliphatic rings. The lowest BCUT2D eigenvalue weighted by Crippen LogP contribution is -2.28. The van der Waals surface area contributed by atoms with E-state index in [0.717, 1.165) is 30.3 Å². The van der Waals surface area contributed by atoms with Crippen molar-refractivity contribution in [3.8, 4) is 0 Å². The Morgan fingerprint density at radius 3 is 2.60 bits per heavy atom. The molecule has 0 aliphatic carbocycles. The molecule has 0 saturated heterocycles. The fraction of sp³-hybridized carbons (Fsp3) is 0.636. The third-order valence-electron chi connectivity index (χ3n) is 2.29. The first kappa shape index (κ1) is 11.9. The summed E-state index contributed by atoms with van der Waals surface area (Å²) in [5, 5.41) is 8.93. The van der Waals surface area contributed by atoms with Crippen molar-refractivity contribution >= 4 is 5.95 Å². The Bertz CT molecular complexity index is 315. The van der Waals surface area contributed by atoms with Crippen LogP contribution in [0.25, 0.3) is 0 Å². The summed E-state index contributed by atoms with van der Waals surface area (Å²) < 4.78 is 0. The van der Waals surface area contributed by atoms with Gasteiger partial charge in [0.05, 0.1) is 6.61 Å². The molecule has 1 aromatic rings. The fourth-order valence-corrected chi connectivity index (χ4v) is 1.46. The van der Waals surface area contributed by atoms with E-state index in [-0.39, 0.29) is 6.61 Å². The Labute approximate surface area is 91.0 Å². The van der Waals surface area contributed by atoms with Crippen LogP contribution in [0, 0.1) is 6.92 Å². The molecule has 0 bridgehead atoms. The number of hydrogen-bond acceptors (Lipinski definition) is 4. The molecule has 0 saturated carbocycles. The fourth-order valence-electron chi connectivity index (χ4n) is 1.46. The van der Waals surface area contributed by atoms with Gasteiger partial charge < -0.3 is 10.0 Å². The van der Waals surface area contributed by atoms with Crippen LogP contribution in [-0.2, 0) is 6.42 Å². The van der Waals surface area contributed by atoms with E-state index in [9.17, 15) is 0 Å². The van der Waals surface area contributed by atoms with Crippen LogP contribution in [0.15, 0.2) is 6.07 Å². The summed E-state index contributed by atoms with van der Waals surface area (Å²) in [6.07, 6.45) is 0.910. The van der Waals surface area contributed by atoms with Crippen LogP contribution in [0.4, 0.5) is 5.95 Å². The molecule has 1 aromatic heterocycles. The predicted octanol–water partition coefficient (Wildman–Crippen LogP) is 1.17. The average molecular weight is 209 g/mol. The number of anilines is 1. The van der Waals surface area contributed by atoms with Crippen LogP contribution >= 0.6 is 0 Å². The smallest absolute Gasteiger partial charge is 0.225 e. The Morgan fingerprint density at radius 1 is 1.33 bits per heavy atom. The highest BCUT2D eigenvalue weighted by Crippen LogP contribution is 2.10. The number of rotatable bonds is 5. The number of aliphatic hydroxyl groups excluding tert-OH is 1. The summed E-state index contributed by atoms with van der Waals surface area (Å²) in [5.41, 5.74) is 2.03. The molecular weight excluding hydrogens is 190 g/mol. The highest BCUT2D eigenvalue weighted by molar-refractivity contribution is 5.32. The SMILES string of the molecule is CCc1cc(C)nc(N(CC)CCO)n1. The van der Waals surface area contributed by atoms with Crippen molar-refractivity contribution in [1.29, 1.82) is 0 Å². The minimum absolute atomic E-state index is 0.132. The van der Waals surface area contributed by atoms with Crippen molar-refractivity contribution in [2.75, 3.05) is 24.6 Å². The zero-order valence-electron chi connectivity index (χ0n) is 9.69. The number of aromatic nitrogens is 2. The summed E-state index contributed by atoms with van der Waals surface area (Å²) in [6.45, 7) is 7.61. The largest absolute Gasteiger partial charge is 0.395 e. The average Bonchev–Trinajstić information content (AvgIpc) is 2.24. The molecular formula is C11H19N3O. The Hall–Kier alpha value is -1.16. The molecule has 0 unspecified atom stereocenters. The molecule has 0 spiro atoms. The molecule has 1 rings (SSSR count). The Kier molecular flexibility index (Phi) is 4.49. The molecule has 1 heterocycles. The monoisotopic (exact) mass is 209 g/mol. The molecule has 84 valence electrons. The summed E-state index contributed by atoms with van der Waals surface area (Å²) >= 11 is 0. The van der Waals surface area contributed by atoms with E-state index in [1.807, 2.05) is 24.8 Å². The molecule has 15 heavy (non-hydrogen) atoms. The minimum Gasteiger partial charge on any atom is -0.395 e. The summed E-state index contributed by atoms with van der Waals surface area (Å²) in [6, 6.07) is 2.00. The van der Waals surface area contributed by atoms with Gasteiger partial charge in [0.15, 0.2) is 0 Å². The Balaban J connectivity index is 2.95. The standard InChI is InChI=1S/C11H19N3O/c1-4-10-8-9(3)12-11(13-10)14(5-2)6-7-15/h8,15H,4-7H2,1-3H3. The summed E-state index contributed by atoms with van der Waals surface area (Å²) in [7, 11) is 0. The van der Waals surface area contributed by atoms with Gasteiger partial charge in [0.1, 0.15) is 0 Å². The van der Waals surface area contributed by atoms with E-state index in [1.165, 1.54) is 0 Å². The normalized spacial score (nSPS) is 10.4. The quantitative estimate of drug-likeness (QED) is 0.790. The Morgan fingerprint density at radius 2 is 2.07 bits per heavy atom. The first-order valence-electron chi connectivity index (χ1n) is 5.41. The molecule has 1 N–H and O–H groups in total. The van der Waals surface area contributed by atoms with Gasteiger partial charge in [0, 0.05) is 24.5 Å². The van der Waals surface area contributed by atoms with Crippen LogP contribution in [0.2, 0.25) is 0 Å². The van der Waals surface area contributed by atoms with Crippen molar-refractivity contribution in [2.45, 2.75) is 27.2 Å². The lowest BCUT2D eigenvalue weighted by Gasteiger charge is -2.20. The van der Waals surface area contributed by atoms with Gasteiger partial charge in [-0.15, -0.1) is 0 Å². The van der Waals surface area contributed by atoms with Crippen molar-refractivity contribution in [1.82, 2.24) is 9.97 Å². The van der Waals surface area contributed by atoms with Crippen LogP contribution in [0.3, 0.4) is 0 Å². The zero-order valence-corrected chi connectivity index (χ0v) is 9.69. The van der Waals surface area contributed by atoms with Crippen molar-refractivity contribution in [3.05, 3.63) is 17.5 Å². The van der Waals surface area contributed by atoms with E-state index >= 15 is 0 Å². The molecule has 0 fully saturated rings. The first-order valence-corrected chi connectivity index (χ1v) is 5.41. The number of likely N-dealkylation sites (N-methyl/N-ethyl adjacent to an activating group) is 1. The maximum Gasteiger partial charge on any atom is 0.225 e. The van der Waals surface area contributed by atoms with E-state index in [1.54, 1.807) is 0 Å². The van der Waals surface area contributed by atoms with Crippen LogP contribution in [-0.4, -0.2) is 34.8 Å². The minimum atomic E-state index is 0.132. The van der Waals surface area contributed by atoms with Gasteiger partial charge >= 0.3 is 0 Å². The van der Waals surface area contributed by atoms with Crippen molar-refractivity contribution < 1.29 is 5.11 Å². The maximum atomic E-state index is 8.93. The molecule has 0 aromatic carbocycles. The lowest BCUT2D eigenvalue weighted by molar-refractivity contribution is 0.301. The number of aryl methyl sites for hydroxylation is 2. The van der Waals surface area contributed by atoms with Gasteiger partial charge in [-0.05, 0) is 26.3 Å². The van der Waals surface area contributed by atoms with E-state index in [4.69, 9.17) is 5.11 Å². The van der Waals surface area contributed by atoms with E-state index in [0.29, 0.717) is 6.54 Å². The van der Waals surface area contributed by atoms with Gasteiger partial charge in [-0.1, -0.05) is 6.92 Å². The second kappa shape index (κ2) is 5.66. The second-order valence-electron chi connectivity index (χ2n) is 3.46. The summed E-state index contributed by atoms with van der Waals surface area (Å²) in [5.74, 6) is 0.725. The van der Waals surface area contributed by atoms with E-state index < -0.39 is 0 Å². The third kappa shape index (κ3) is 3.16. The van der Waals surface area contributed by atoms with Gasteiger partial charge in [-0.2, -0.15) is 0 Å². The third-order valence-corrected chi connectivity index (χ3v) is 2.29. The summed E-state index contributed by atoms with van der Waals surface area (Å²) in [4.78, 5) is 10.8. The predicted molar refractivity (Wildman–Crippen MR) is 61.1 cm³/mol. The number of hydrogen-bond donors (Lipinski definition) is 1. The highest BCUT2D eigenvalue weighted by Gasteiger charge is 2.08. The number of aliphatic hydroxyl groups is 1. The van der Waals surface area contributed by atoms with Gasteiger partial charge in [0.25, 0.3) is 0 Å². The molecule has 0 radical (unpaired) electrons. The van der Waals surface area contributed by atoms with Crippen molar-refractivity contribution in [2.24, 2.45) is 0 Å².